The summed E-state index contributed by atoms with van der Waals surface area (Å²) in [5.41, 5.74) is 3.68. The Morgan fingerprint density at radius 1 is 1.24 bits per heavy atom. The summed E-state index contributed by atoms with van der Waals surface area (Å²) in [6, 6.07) is 7.87. The average Bonchev–Trinajstić information content (AvgIpc) is 3.34. The summed E-state index contributed by atoms with van der Waals surface area (Å²) in [7, 11) is 2.06. The summed E-state index contributed by atoms with van der Waals surface area (Å²) < 4.78 is 0.590. The van der Waals surface area contributed by atoms with Crippen LogP contribution >= 0.6 is 34.5 Å². The first-order valence-corrected chi connectivity index (χ1v) is 13.0. The smallest absolute Gasteiger partial charge is 0.208 e. The summed E-state index contributed by atoms with van der Waals surface area (Å²) in [4.78, 5) is 24.8. The third-order valence-corrected chi connectivity index (χ3v) is 8.57. The highest BCUT2D eigenvalue weighted by Crippen LogP contribution is 2.42. The molecule has 3 heterocycles. The van der Waals surface area contributed by atoms with Gasteiger partial charge in [-0.3, -0.25) is 9.69 Å². The molecular formula is C25H26Cl2N4O2S. The molecule has 2 aliphatic rings. The van der Waals surface area contributed by atoms with Gasteiger partial charge in [-0.15, -0.1) is 11.3 Å². The lowest BCUT2D eigenvalue weighted by atomic mass is 9.89. The number of ketones is 1. The van der Waals surface area contributed by atoms with Gasteiger partial charge in [0.15, 0.2) is 0 Å². The number of thiophene rings is 1. The molecule has 9 heteroatoms. The van der Waals surface area contributed by atoms with E-state index in [9.17, 15) is 9.90 Å². The van der Waals surface area contributed by atoms with Crippen LogP contribution in [-0.4, -0.2) is 51.5 Å². The molecule has 0 amide bonds. The minimum absolute atomic E-state index is 0.0612. The van der Waals surface area contributed by atoms with Crippen LogP contribution in [0.1, 0.15) is 57.7 Å². The molecule has 1 aliphatic carbocycles. The summed E-state index contributed by atoms with van der Waals surface area (Å²) >= 11 is 14.3. The summed E-state index contributed by atoms with van der Waals surface area (Å²) in [6.07, 6.45) is 5.02. The number of halogens is 2. The molecule has 3 aromatic rings. The first-order valence-electron chi connectivity index (χ1n) is 11.4. The van der Waals surface area contributed by atoms with E-state index in [0.717, 1.165) is 30.5 Å². The molecule has 0 spiro atoms. The van der Waals surface area contributed by atoms with Gasteiger partial charge in [-0.25, -0.2) is 9.97 Å². The molecule has 1 aromatic carbocycles. The van der Waals surface area contributed by atoms with Crippen LogP contribution in [0.3, 0.4) is 0 Å². The van der Waals surface area contributed by atoms with Crippen LogP contribution in [0, 0.1) is 5.92 Å². The number of aromatic nitrogens is 2. The van der Waals surface area contributed by atoms with Crippen LogP contribution in [0.25, 0.3) is 0 Å². The highest BCUT2D eigenvalue weighted by Gasteiger charge is 2.32. The normalized spacial score (nSPS) is 24.7. The van der Waals surface area contributed by atoms with E-state index in [4.69, 9.17) is 23.2 Å². The zero-order valence-corrected chi connectivity index (χ0v) is 21.3. The number of likely N-dealkylation sites (N-methyl/N-ethyl adjacent to an activating group) is 1. The lowest BCUT2D eigenvalue weighted by Gasteiger charge is -2.34. The van der Waals surface area contributed by atoms with Crippen molar-refractivity contribution in [2.45, 2.75) is 44.4 Å². The number of aliphatic hydroxyl groups excluding tert-OH is 1. The van der Waals surface area contributed by atoms with Gasteiger partial charge in [-0.2, -0.15) is 0 Å². The Kier molecular flexibility index (Phi) is 6.66. The van der Waals surface area contributed by atoms with Gasteiger partial charge in [0.05, 0.1) is 26.9 Å². The fourth-order valence-corrected chi connectivity index (χ4v) is 6.54. The van der Waals surface area contributed by atoms with Crippen molar-refractivity contribution in [1.82, 2.24) is 14.9 Å². The second kappa shape index (κ2) is 9.55. The highest BCUT2D eigenvalue weighted by atomic mass is 35.5. The third kappa shape index (κ3) is 4.48. The van der Waals surface area contributed by atoms with Crippen LogP contribution in [-0.2, 0) is 6.42 Å². The number of hydrogen-bond acceptors (Lipinski definition) is 7. The molecule has 1 aliphatic heterocycles. The zero-order valence-electron chi connectivity index (χ0n) is 19.0. The maximum absolute atomic E-state index is 13.5. The molecule has 0 bridgehead atoms. The van der Waals surface area contributed by atoms with E-state index in [1.165, 1.54) is 23.2 Å². The van der Waals surface area contributed by atoms with Crippen LogP contribution in [0.2, 0.25) is 9.36 Å². The minimum atomic E-state index is -0.346. The molecule has 34 heavy (non-hydrogen) atoms. The van der Waals surface area contributed by atoms with Crippen LogP contribution < -0.4 is 5.32 Å². The lowest BCUT2D eigenvalue weighted by molar-refractivity contribution is 0.104. The van der Waals surface area contributed by atoms with E-state index >= 15 is 0 Å². The predicted molar refractivity (Wildman–Crippen MR) is 136 cm³/mol. The summed E-state index contributed by atoms with van der Waals surface area (Å²) in [6.45, 7) is 2.92. The van der Waals surface area contributed by atoms with E-state index < -0.39 is 0 Å². The number of rotatable bonds is 5. The molecular weight excluding hydrogens is 491 g/mol. The van der Waals surface area contributed by atoms with E-state index in [0.29, 0.717) is 32.0 Å². The van der Waals surface area contributed by atoms with E-state index in [-0.39, 0.29) is 29.9 Å². The van der Waals surface area contributed by atoms with Gasteiger partial charge in [0.2, 0.25) is 5.78 Å². The van der Waals surface area contributed by atoms with Gasteiger partial charge in [0, 0.05) is 29.4 Å². The molecule has 0 unspecified atom stereocenters. The van der Waals surface area contributed by atoms with Crippen molar-refractivity contribution in [2.24, 2.45) is 5.92 Å². The van der Waals surface area contributed by atoms with E-state index in [2.05, 4.69) is 33.3 Å². The van der Waals surface area contributed by atoms with Crippen molar-refractivity contribution in [3.05, 3.63) is 73.3 Å². The summed E-state index contributed by atoms with van der Waals surface area (Å²) in [5, 5.41) is 14.1. The first-order chi connectivity index (χ1) is 16.3. The maximum Gasteiger partial charge on any atom is 0.208 e. The number of nitrogens with zero attached hydrogens (tertiary/aromatic N) is 3. The van der Waals surface area contributed by atoms with Gasteiger partial charge in [-0.1, -0.05) is 36.2 Å². The number of hydrogen-bond donors (Lipinski definition) is 2. The zero-order chi connectivity index (χ0) is 24.0. The topological polar surface area (TPSA) is 78.4 Å². The quantitative estimate of drug-likeness (QED) is 0.452. The van der Waals surface area contributed by atoms with Crippen LogP contribution in [0.5, 0.6) is 0 Å². The van der Waals surface area contributed by atoms with Crippen molar-refractivity contribution in [3.63, 3.8) is 0 Å². The van der Waals surface area contributed by atoms with Crippen LogP contribution in [0.15, 0.2) is 36.8 Å². The average molecular weight is 517 g/mol. The van der Waals surface area contributed by atoms with E-state index in [1.54, 1.807) is 6.20 Å². The number of aliphatic hydroxyl groups is 1. The Bertz CT molecular complexity index is 1220. The van der Waals surface area contributed by atoms with Gasteiger partial charge < -0.3 is 10.4 Å². The molecule has 0 radical (unpaired) electrons. The standard InChI is InChI=1S/C25H26Cl2N4O2S/c1-13-7-16(9-20(13)32)30-25-19(11-28-12-29-25)23(33)21-10-18(24(27)34-21)22-17-8-15(26)4-3-14(17)5-6-31(22)2/h3-4,8,10-13,16,20,22,32H,5-7,9H2,1-2H3,(H,28,29,30)/t13-,16-,20+,22-/m1/s1. The third-order valence-electron chi connectivity index (χ3n) is 6.95. The molecule has 6 nitrogen and oxygen atoms in total. The fraction of sp³-hybridized carbons (Fsp3) is 0.400. The molecule has 1 saturated carbocycles. The summed E-state index contributed by atoms with van der Waals surface area (Å²) in [5.74, 6) is 0.530. The largest absolute Gasteiger partial charge is 0.393 e. The molecule has 178 valence electrons. The fourth-order valence-electron chi connectivity index (χ4n) is 5.08. The minimum Gasteiger partial charge on any atom is -0.393 e. The lowest BCUT2D eigenvalue weighted by Crippen LogP contribution is -2.32. The number of nitrogens with one attached hydrogen (secondary N) is 1. The number of carbonyl (C=O) groups excluding carboxylic acids is 1. The van der Waals surface area contributed by atoms with Crippen molar-refractivity contribution in [2.75, 3.05) is 18.9 Å². The van der Waals surface area contributed by atoms with Crippen molar-refractivity contribution in [1.29, 1.82) is 0 Å². The van der Waals surface area contributed by atoms with Gasteiger partial charge in [0.1, 0.15) is 12.1 Å². The Balaban J connectivity index is 1.46. The Labute approximate surface area is 212 Å². The van der Waals surface area contributed by atoms with Gasteiger partial charge in [-0.05, 0) is 61.6 Å². The predicted octanol–water partition coefficient (Wildman–Crippen LogP) is 5.22. The highest BCUT2D eigenvalue weighted by molar-refractivity contribution is 7.18. The van der Waals surface area contributed by atoms with Gasteiger partial charge >= 0.3 is 0 Å². The van der Waals surface area contributed by atoms with Crippen molar-refractivity contribution >= 4 is 46.1 Å². The van der Waals surface area contributed by atoms with Crippen LogP contribution in [0.4, 0.5) is 5.82 Å². The monoisotopic (exact) mass is 516 g/mol. The maximum atomic E-state index is 13.5. The van der Waals surface area contributed by atoms with Crippen molar-refractivity contribution in [3.8, 4) is 0 Å². The Morgan fingerprint density at radius 2 is 2.06 bits per heavy atom. The molecule has 5 rings (SSSR count). The number of anilines is 1. The second-order valence-corrected chi connectivity index (χ2v) is 11.4. The number of fused-ring (bicyclic) bond motifs is 1. The second-order valence-electron chi connectivity index (χ2n) is 9.29. The van der Waals surface area contributed by atoms with Crippen molar-refractivity contribution < 1.29 is 9.90 Å². The molecule has 2 aromatic heterocycles. The Hall–Kier alpha value is -2.03. The Morgan fingerprint density at radius 3 is 2.82 bits per heavy atom. The first kappa shape index (κ1) is 23.7. The molecule has 4 atom stereocenters. The molecule has 2 N–H and O–H groups in total. The number of benzene rings is 1. The van der Waals surface area contributed by atoms with Gasteiger partial charge in [0.25, 0.3) is 0 Å². The molecule has 1 fully saturated rings. The number of carbonyl (C=O) groups is 1. The van der Waals surface area contributed by atoms with E-state index in [1.807, 2.05) is 25.1 Å². The molecule has 0 saturated heterocycles. The SMILES string of the molecule is C[C@@H]1C[C@@H](Nc2ncncc2C(=O)c2cc([C@H]3c4cc(Cl)ccc4CCN3C)c(Cl)s2)C[C@@H]1O.